The molecule has 2 rings (SSSR count). The Morgan fingerprint density at radius 2 is 2.18 bits per heavy atom. The molecule has 0 amide bonds. The maximum Gasteiger partial charge on any atom is 0.101 e. The third kappa shape index (κ3) is 4.17. The van der Waals surface area contributed by atoms with Crippen molar-refractivity contribution in [3.8, 4) is 0 Å². The average Bonchev–Trinajstić information content (AvgIpc) is 2.29. The van der Waals surface area contributed by atoms with Crippen molar-refractivity contribution in [1.82, 2.24) is 4.90 Å². The van der Waals surface area contributed by atoms with Gasteiger partial charge in [-0.3, -0.25) is 4.90 Å². The highest BCUT2D eigenvalue weighted by Gasteiger charge is 2.13. The zero-order valence-corrected chi connectivity index (χ0v) is 10.8. The molecule has 0 aromatic rings. The van der Waals surface area contributed by atoms with E-state index in [1.54, 1.807) is 0 Å². The summed E-state index contributed by atoms with van der Waals surface area (Å²) in [6.45, 7) is 9.83. The van der Waals surface area contributed by atoms with Gasteiger partial charge in [0.05, 0.1) is 13.2 Å². The first kappa shape index (κ1) is 12.7. The van der Waals surface area contributed by atoms with Crippen LogP contribution >= 0.6 is 0 Å². The van der Waals surface area contributed by atoms with Gasteiger partial charge in [0.15, 0.2) is 0 Å². The van der Waals surface area contributed by atoms with Gasteiger partial charge in [-0.1, -0.05) is 18.6 Å². The Morgan fingerprint density at radius 1 is 1.41 bits per heavy atom. The molecule has 95 valence electrons. The summed E-state index contributed by atoms with van der Waals surface area (Å²) in [5.41, 5.74) is 1.29. The summed E-state index contributed by atoms with van der Waals surface area (Å²) in [5, 5.41) is 0. The van der Waals surface area contributed by atoms with Crippen LogP contribution in [-0.2, 0) is 9.47 Å². The normalized spacial score (nSPS) is 26.4. The van der Waals surface area contributed by atoms with Crippen LogP contribution in [-0.4, -0.2) is 44.4 Å². The average molecular weight is 236 g/mol. The smallest absolute Gasteiger partial charge is 0.101 e. The van der Waals surface area contributed by atoms with Crippen molar-refractivity contribution < 1.29 is 9.47 Å². The maximum atomic E-state index is 5.81. The van der Waals surface area contributed by atoms with Gasteiger partial charge in [-0.25, -0.2) is 0 Å². The van der Waals surface area contributed by atoms with Crippen LogP contribution in [0.5, 0.6) is 0 Å². The van der Waals surface area contributed by atoms with Crippen LogP contribution in [0, 0.1) is 12.3 Å². The Morgan fingerprint density at radius 3 is 2.88 bits per heavy atom. The van der Waals surface area contributed by atoms with E-state index < -0.39 is 0 Å². The highest BCUT2D eigenvalue weighted by molar-refractivity contribution is 5.30. The summed E-state index contributed by atoms with van der Waals surface area (Å²) in [6.07, 6.45) is 6.53. The molecular weight excluding hydrogens is 214 g/mol. The molecule has 0 N–H and O–H groups in total. The van der Waals surface area contributed by atoms with E-state index in [1.807, 2.05) is 0 Å². The molecule has 2 aliphatic rings. The van der Waals surface area contributed by atoms with Crippen molar-refractivity contribution >= 4 is 0 Å². The molecule has 0 saturated carbocycles. The molecular formula is C14H22NO2. The number of hydrogen-bond donors (Lipinski definition) is 0. The summed E-state index contributed by atoms with van der Waals surface area (Å²) in [4.78, 5) is 2.39. The fraction of sp³-hybridized carbons (Fsp3) is 0.643. The zero-order valence-electron chi connectivity index (χ0n) is 10.8. The van der Waals surface area contributed by atoms with E-state index in [0.29, 0.717) is 5.92 Å². The van der Waals surface area contributed by atoms with E-state index >= 15 is 0 Å². The van der Waals surface area contributed by atoms with Gasteiger partial charge in [0.2, 0.25) is 0 Å². The lowest BCUT2D eigenvalue weighted by Crippen LogP contribution is -2.38. The predicted molar refractivity (Wildman–Crippen MR) is 68.5 cm³/mol. The van der Waals surface area contributed by atoms with Gasteiger partial charge in [-0.15, -0.1) is 0 Å². The van der Waals surface area contributed by atoms with E-state index in [4.69, 9.17) is 9.47 Å². The first-order valence-corrected chi connectivity index (χ1v) is 6.42. The minimum Gasteiger partial charge on any atom is -0.496 e. The van der Waals surface area contributed by atoms with Crippen LogP contribution in [0.15, 0.2) is 23.5 Å². The molecule has 1 aliphatic carbocycles. The molecule has 1 saturated heterocycles. The quantitative estimate of drug-likeness (QED) is 0.745. The molecule has 0 aromatic carbocycles. The molecule has 1 fully saturated rings. The molecule has 3 heteroatoms. The molecule has 1 atom stereocenters. The van der Waals surface area contributed by atoms with E-state index in [0.717, 1.165) is 45.2 Å². The van der Waals surface area contributed by atoms with Crippen LogP contribution in [0.4, 0.5) is 0 Å². The maximum absolute atomic E-state index is 5.81. The first-order valence-electron chi connectivity index (χ1n) is 6.42. The molecule has 3 nitrogen and oxygen atoms in total. The second-order valence-electron chi connectivity index (χ2n) is 4.79. The predicted octanol–water partition coefficient (Wildman–Crippen LogP) is 2.02. The van der Waals surface area contributed by atoms with Crippen molar-refractivity contribution in [3.63, 3.8) is 0 Å². The van der Waals surface area contributed by atoms with Gasteiger partial charge in [0, 0.05) is 26.1 Å². The van der Waals surface area contributed by atoms with Gasteiger partial charge < -0.3 is 9.47 Å². The number of allylic oxidation sites excluding steroid dienone is 4. The van der Waals surface area contributed by atoms with Crippen molar-refractivity contribution in [2.75, 3.05) is 39.5 Å². The molecule has 1 aliphatic heterocycles. The summed E-state index contributed by atoms with van der Waals surface area (Å²) in [7, 11) is 0. The summed E-state index contributed by atoms with van der Waals surface area (Å²) < 4.78 is 11.1. The van der Waals surface area contributed by atoms with Crippen LogP contribution in [0.2, 0.25) is 0 Å². The lowest BCUT2D eigenvalue weighted by Gasteiger charge is -2.27. The minimum atomic E-state index is 0.485. The van der Waals surface area contributed by atoms with Crippen LogP contribution in [0.3, 0.4) is 0 Å². The van der Waals surface area contributed by atoms with Crippen LogP contribution < -0.4 is 0 Å². The summed E-state index contributed by atoms with van der Waals surface area (Å²) >= 11 is 0. The zero-order chi connectivity index (χ0) is 12.1. The van der Waals surface area contributed by atoms with Crippen molar-refractivity contribution in [2.45, 2.75) is 13.8 Å². The highest BCUT2D eigenvalue weighted by Crippen LogP contribution is 2.21. The van der Waals surface area contributed by atoms with E-state index in [-0.39, 0.29) is 0 Å². The summed E-state index contributed by atoms with van der Waals surface area (Å²) in [5.74, 6) is 1.50. The minimum absolute atomic E-state index is 0.485. The summed E-state index contributed by atoms with van der Waals surface area (Å²) in [6, 6.07) is 0. The monoisotopic (exact) mass is 236 g/mol. The van der Waals surface area contributed by atoms with E-state index in [2.05, 4.69) is 37.3 Å². The molecule has 1 radical (unpaired) electrons. The first-order chi connectivity index (χ1) is 8.24. The Balaban J connectivity index is 1.69. The van der Waals surface area contributed by atoms with Gasteiger partial charge in [0.1, 0.15) is 12.4 Å². The standard InChI is InChI=1S/C14H22NO2/c1-12-9-13(2)11-14(10-12)17-8-5-15-3-6-16-7-4-15/h9-12H,3-8H2,1-2H3. The number of rotatable bonds is 4. The van der Waals surface area contributed by atoms with E-state index in [1.165, 1.54) is 5.57 Å². The van der Waals surface area contributed by atoms with Gasteiger partial charge >= 0.3 is 0 Å². The Hall–Kier alpha value is -0.800. The molecule has 1 unspecified atom stereocenters. The Bertz CT molecular complexity index is 303. The Kier molecular flexibility index (Phi) is 4.63. The third-order valence-electron chi connectivity index (χ3n) is 3.10. The fourth-order valence-corrected chi connectivity index (χ4v) is 2.25. The lowest BCUT2D eigenvalue weighted by molar-refractivity contribution is 0.0277. The number of ether oxygens (including phenoxy) is 2. The Labute approximate surface area is 104 Å². The molecule has 17 heavy (non-hydrogen) atoms. The molecule has 0 bridgehead atoms. The number of hydrogen-bond acceptors (Lipinski definition) is 3. The van der Waals surface area contributed by atoms with Gasteiger partial charge in [-0.05, 0) is 18.9 Å². The lowest BCUT2D eigenvalue weighted by atomic mass is 9.97. The van der Waals surface area contributed by atoms with E-state index in [9.17, 15) is 0 Å². The van der Waals surface area contributed by atoms with Crippen LogP contribution in [0.25, 0.3) is 0 Å². The van der Waals surface area contributed by atoms with Crippen LogP contribution in [0.1, 0.15) is 13.8 Å². The number of nitrogens with zero attached hydrogens (tertiary/aromatic N) is 1. The van der Waals surface area contributed by atoms with Gasteiger partial charge in [-0.2, -0.15) is 0 Å². The van der Waals surface area contributed by atoms with Crippen molar-refractivity contribution in [3.05, 3.63) is 29.9 Å². The topological polar surface area (TPSA) is 21.7 Å². The highest BCUT2D eigenvalue weighted by atomic mass is 16.5. The fourth-order valence-electron chi connectivity index (χ4n) is 2.25. The molecule has 1 heterocycles. The van der Waals surface area contributed by atoms with Gasteiger partial charge in [0.25, 0.3) is 0 Å². The molecule has 0 spiro atoms. The van der Waals surface area contributed by atoms with Crippen molar-refractivity contribution in [2.24, 2.45) is 5.92 Å². The SMILES string of the molecule is CC1=CC(C)[CH]C(OCCN2CCOCC2)=C1. The molecule has 0 aromatic heterocycles. The van der Waals surface area contributed by atoms with Crippen molar-refractivity contribution in [1.29, 1.82) is 0 Å². The second-order valence-corrected chi connectivity index (χ2v) is 4.79. The largest absolute Gasteiger partial charge is 0.496 e. The number of morpholine rings is 1. The third-order valence-corrected chi connectivity index (χ3v) is 3.10. The second kappa shape index (κ2) is 6.22.